The lowest BCUT2D eigenvalue weighted by Crippen LogP contribution is -2.51. The molecule has 1 rings (SSSR count). The smallest absolute Gasteiger partial charge is 0.347 e. The summed E-state index contributed by atoms with van der Waals surface area (Å²) in [5.41, 5.74) is 4.30. The summed E-state index contributed by atoms with van der Waals surface area (Å²) in [5, 5.41) is 0. The molecule has 0 fully saturated rings. The Bertz CT molecular complexity index is 354. The molecule has 1 heterocycles. The third kappa shape index (κ3) is 3.18. The Morgan fingerprint density at radius 3 is 2.17 bits per heavy atom. The van der Waals surface area contributed by atoms with E-state index < -0.39 is 30.1 Å². The van der Waals surface area contributed by atoms with Gasteiger partial charge in [0.1, 0.15) is 6.04 Å². The quantitative estimate of drug-likeness (QED) is 0.784. The van der Waals surface area contributed by atoms with Crippen LogP contribution in [-0.4, -0.2) is 29.5 Å². The molecule has 1 aliphatic rings. The van der Waals surface area contributed by atoms with Crippen LogP contribution in [0.2, 0.25) is 0 Å². The van der Waals surface area contributed by atoms with Crippen molar-refractivity contribution in [2.24, 2.45) is 5.73 Å². The lowest BCUT2D eigenvalue weighted by molar-refractivity contribution is -0.181. The lowest BCUT2D eigenvalue weighted by atomic mass is 10.1. The van der Waals surface area contributed by atoms with Gasteiger partial charge in [0.15, 0.2) is 0 Å². The Kier molecular flexibility index (Phi) is 3.99. The van der Waals surface area contributed by atoms with Crippen molar-refractivity contribution in [3.8, 4) is 0 Å². The van der Waals surface area contributed by atoms with Gasteiger partial charge >= 0.3 is 12.4 Å². The second-order valence-corrected chi connectivity index (χ2v) is 3.84. The van der Waals surface area contributed by atoms with Gasteiger partial charge in [-0.2, -0.15) is 26.3 Å². The van der Waals surface area contributed by atoms with Crippen LogP contribution in [0.3, 0.4) is 0 Å². The van der Waals surface area contributed by atoms with Crippen LogP contribution in [0.25, 0.3) is 0 Å². The molecular formula is C10H12F6N2. The summed E-state index contributed by atoms with van der Waals surface area (Å²) in [6, 6.07) is -1.89. The largest absolute Gasteiger partial charge is 0.416 e. The van der Waals surface area contributed by atoms with Crippen molar-refractivity contribution in [2.75, 3.05) is 0 Å². The molecule has 0 aliphatic carbocycles. The number of rotatable bonds is 2. The lowest BCUT2D eigenvalue weighted by Gasteiger charge is -2.37. The Morgan fingerprint density at radius 2 is 1.83 bits per heavy atom. The number of nitrogens with zero attached hydrogens (tertiary/aromatic N) is 1. The molecule has 0 spiro atoms. The van der Waals surface area contributed by atoms with Crippen LogP contribution in [0, 0.1) is 0 Å². The van der Waals surface area contributed by atoms with Gasteiger partial charge < -0.3 is 10.6 Å². The Hall–Kier alpha value is -1.18. The van der Waals surface area contributed by atoms with Crippen molar-refractivity contribution in [1.29, 1.82) is 0 Å². The Morgan fingerprint density at radius 1 is 1.28 bits per heavy atom. The minimum atomic E-state index is -4.61. The molecule has 0 aromatic heterocycles. The molecule has 1 aliphatic heterocycles. The van der Waals surface area contributed by atoms with Crippen molar-refractivity contribution in [3.63, 3.8) is 0 Å². The maximum absolute atomic E-state index is 12.6. The fourth-order valence-electron chi connectivity index (χ4n) is 1.70. The predicted octanol–water partition coefficient (Wildman–Crippen LogP) is 2.93. The zero-order valence-corrected chi connectivity index (χ0v) is 9.39. The molecule has 0 amide bonds. The van der Waals surface area contributed by atoms with Crippen LogP contribution in [-0.2, 0) is 0 Å². The molecule has 0 saturated carbocycles. The van der Waals surface area contributed by atoms with E-state index in [0.29, 0.717) is 17.1 Å². The molecule has 104 valence electrons. The molecule has 2 atom stereocenters. The van der Waals surface area contributed by atoms with Gasteiger partial charge in [-0.3, -0.25) is 0 Å². The SMILES string of the molecule is CCC(N1C=CC(C(F)(F)F)=CC1N)C(F)(F)F. The summed E-state index contributed by atoms with van der Waals surface area (Å²) in [5.74, 6) is 0. The van der Waals surface area contributed by atoms with Gasteiger partial charge in [-0.1, -0.05) is 6.92 Å². The third-order valence-corrected chi connectivity index (χ3v) is 2.57. The van der Waals surface area contributed by atoms with Crippen LogP contribution >= 0.6 is 0 Å². The maximum atomic E-state index is 12.6. The zero-order chi connectivity index (χ0) is 14.1. The van der Waals surface area contributed by atoms with Crippen LogP contribution < -0.4 is 5.73 Å². The molecule has 0 saturated heterocycles. The van der Waals surface area contributed by atoms with Crippen LogP contribution in [0.15, 0.2) is 23.9 Å². The molecule has 18 heavy (non-hydrogen) atoms. The second-order valence-electron chi connectivity index (χ2n) is 3.84. The molecule has 2 unspecified atom stereocenters. The van der Waals surface area contributed by atoms with Crippen molar-refractivity contribution in [1.82, 2.24) is 4.90 Å². The first kappa shape index (κ1) is 14.9. The minimum Gasteiger partial charge on any atom is -0.347 e. The summed E-state index contributed by atoms with van der Waals surface area (Å²) in [6.45, 7) is 1.29. The van der Waals surface area contributed by atoms with Crippen LogP contribution in [0.1, 0.15) is 13.3 Å². The molecule has 2 nitrogen and oxygen atoms in total. The molecule has 0 aromatic carbocycles. The summed E-state index contributed by atoms with van der Waals surface area (Å²) in [7, 11) is 0. The van der Waals surface area contributed by atoms with Crippen molar-refractivity contribution in [2.45, 2.75) is 37.9 Å². The number of alkyl halides is 6. The molecule has 0 bridgehead atoms. The van der Waals surface area contributed by atoms with Crippen molar-refractivity contribution >= 4 is 0 Å². The molecule has 8 heteroatoms. The number of nitrogens with two attached hydrogens (primary N) is 1. The van der Waals surface area contributed by atoms with Gasteiger partial charge in [0.25, 0.3) is 0 Å². The highest BCUT2D eigenvalue weighted by atomic mass is 19.4. The van der Waals surface area contributed by atoms with E-state index in [4.69, 9.17) is 5.73 Å². The standard InChI is InChI=1S/C10H12F6N2/c1-2-7(10(14,15)16)18-4-3-6(5-8(18)17)9(11,12)13/h3-5,7-8H,2,17H2,1H3. The summed E-state index contributed by atoms with van der Waals surface area (Å²) in [6.07, 6.45) is -8.98. The molecular weight excluding hydrogens is 262 g/mol. The normalized spacial score (nSPS) is 23.0. The first-order valence-electron chi connectivity index (χ1n) is 5.14. The zero-order valence-electron chi connectivity index (χ0n) is 9.39. The van der Waals surface area contributed by atoms with E-state index in [9.17, 15) is 26.3 Å². The maximum Gasteiger partial charge on any atom is 0.416 e. The van der Waals surface area contributed by atoms with Gasteiger partial charge in [-0.05, 0) is 18.6 Å². The van der Waals surface area contributed by atoms with Crippen molar-refractivity contribution in [3.05, 3.63) is 23.9 Å². The number of halogens is 6. The minimum absolute atomic E-state index is 0.295. The van der Waals surface area contributed by atoms with E-state index >= 15 is 0 Å². The fraction of sp³-hybridized carbons (Fsp3) is 0.600. The van der Waals surface area contributed by atoms with Crippen LogP contribution in [0.4, 0.5) is 26.3 Å². The average molecular weight is 274 g/mol. The van der Waals surface area contributed by atoms with Crippen LogP contribution in [0.5, 0.6) is 0 Å². The summed E-state index contributed by atoms with van der Waals surface area (Å²) >= 11 is 0. The van der Waals surface area contributed by atoms with Crippen molar-refractivity contribution < 1.29 is 26.3 Å². The first-order valence-corrected chi connectivity index (χ1v) is 5.14. The highest BCUT2D eigenvalue weighted by Gasteiger charge is 2.44. The number of hydrogen-bond donors (Lipinski definition) is 1. The van der Waals surface area contributed by atoms with Gasteiger partial charge in [0, 0.05) is 6.20 Å². The van der Waals surface area contributed by atoms with E-state index in [1.807, 2.05) is 0 Å². The second kappa shape index (κ2) is 4.83. The molecule has 2 N–H and O–H groups in total. The molecule has 0 aromatic rings. The summed E-state index contributed by atoms with van der Waals surface area (Å²) < 4.78 is 74.9. The first-order chi connectivity index (χ1) is 8.07. The Balaban J connectivity index is 2.93. The van der Waals surface area contributed by atoms with Gasteiger partial charge in [-0.15, -0.1) is 0 Å². The van der Waals surface area contributed by atoms with E-state index in [0.717, 1.165) is 6.20 Å². The number of hydrogen-bond acceptors (Lipinski definition) is 2. The Labute approximate surface area is 99.7 Å². The summed E-state index contributed by atoms with van der Waals surface area (Å²) in [4.78, 5) is 0.676. The van der Waals surface area contributed by atoms with Gasteiger partial charge in [0.05, 0.1) is 11.7 Å². The average Bonchev–Trinajstić information content (AvgIpc) is 2.17. The third-order valence-electron chi connectivity index (χ3n) is 2.57. The van der Waals surface area contributed by atoms with E-state index in [1.54, 1.807) is 0 Å². The van der Waals surface area contributed by atoms with Gasteiger partial charge in [-0.25, -0.2) is 0 Å². The fourth-order valence-corrected chi connectivity index (χ4v) is 1.70. The van der Waals surface area contributed by atoms with E-state index in [-0.39, 0.29) is 6.42 Å². The van der Waals surface area contributed by atoms with E-state index in [1.165, 1.54) is 6.92 Å². The number of allylic oxidation sites excluding steroid dienone is 2. The highest BCUT2D eigenvalue weighted by Crippen LogP contribution is 2.33. The molecule has 0 radical (unpaired) electrons. The predicted molar refractivity (Wildman–Crippen MR) is 53.2 cm³/mol. The monoisotopic (exact) mass is 274 g/mol. The topological polar surface area (TPSA) is 29.3 Å². The van der Waals surface area contributed by atoms with Gasteiger partial charge in [0.2, 0.25) is 0 Å². The highest BCUT2D eigenvalue weighted by molar-refractivity contribution is 5.29. The van der Waals surface area contributed by atoms with E-state index in [2.05, 4.69) is 0 Å².